The minimum atomic E-state index is -0.284. The van der Waals surface area contributed by atoms with Gasteiger partial charge in [0.05, 0.1) is 6.42 Å². The zero-order chi connectivity index (χ0) is 18.6. The molecule has 6 heteroatoms. The molecule has 27 heavy (non-hydrogen) atoms. The summed E-state index contributed by atoms with van der Waals surface area (Å²) in [4.78, 5) is 23.4. The fourth-order valence-corrected chi connectivity index (χ4v) is 3.54. The van der Waals surface area contributed by atoms with Crippen molar-refractivity contribution in [2.75, 3.05) is 13.1 Å². The zero-order valence-corrected chi connectivity index (χ0v) is 15.0. The fourth-order valence-electron chi connectivity index (χ4n) is 3.54. The summed E-state index contributed by atoms with van der Waals surface area (Å²) in [6.07, 6.45) is 7.59. The van der Waals surface area contributed by atoms with Crippen molar-refractivity contribution in [3.63, 3.8) is 0 Å². The first-order valence-electron chi connectivity index (χ1n) is 9.16. The Morgan fingerprint density at radius 3 is 2.81 bits per heavy atom. The molecule has 0 radical (unpaired) electrons. The molecule has 0 spiro atoms. The summed E-state index contributed by atoms with van der Waals surface area (Å²) >= 11 is 0. The first-order chi connectivity index (χ1) is 13.2. The van der Waals surface area contributed by atoms with E-state index in [0.29, 0.717) is 13.0 Å². The molecular formula is C21H21FN4O. The Morgan fingerprint density at radius 1 is 1.19 bits per heavy atom. The minimum absolute atomic E-state index is 0.0806. The second-order valence-electron chi connectivity index (χ2n) is 6.87. The fraction of sp³-hybridized carbons (Fsp3) is 0.286. The van der Waals surface area contributed by atoms with E-state index in [0.717, 1.165) is 36.5 Å². The van der Waals surface area contributed by atoms with E-state index in [2.05, 4.69) is 4.98 Å². The van der Waals surface area contributed by atoms with Gasteiger partial charge >= 0.3 is 0 Å². The summed E-state index contributed by atoms with van der Waals surface area (Å²) in [6, 6.07) is 12.1. The van der Waals surface area contributed by atoms with Crippen LogP contribution >= 0.6 is 0 Å². The summed E-state index contributed by atoms with van der Waals surface area (Å²) in [6.45, 7) is 1.43. The van der Waals surface area contributed by atoms with Crippen molar-refractivity contribution in [2.24, 2.45) is 0 Å². The molecule has 3 heterocycles. The van der Waals surface area contributed by atoms with Gasteiger partial charge in [0.2, 0.25) is 5.91 Å². The topological polar surface area (TPSA) is 51.0 Å². The monoisotopic (exact) mass is 364 g/mol. The van der Waals surface area contributed by atoms with E-state index in [1.165, 1.54) is 12.1 Å². The van der Waals surface area contributed by atoms with Crippen LogP contribution < -0.4 is 0 Å². The number of likely N-dealkylation sites (tertiary alicyclic amines) is 1. The number of aromatic nitrogens is 3. The normalized spacial score (nSPS) is 17.1. The molecule has 0 unspecified atom stereocenters. The molecule has 1 amide bonds. The summed E-state index contributed by atoms with van der Waals surface area (Å²) in [5.74, 6) is 0.851. The number of carbonyl (C=O) groups is 1. The molecule has 1 saturated heterocycles. The third-order valence-corrected chi connectivity index (χ3v) is 4.99. The molecule has 0 saturated carbocycles. The lowest BCUT2D eigenvalue weighted by Gasteiger charge is -2.32. The Bertz CT molecular complexity index is 908. The molecule has 4 rings (SSSR count). The number of hydrogen-bond acceptors (Lipinski definition) is 3. The quantitative estimate of drug-likeness (QED) is 0.713. The molecule has 1 aliphatic heterocycles. The average molecular weight is 364 g/mol. The molecular weight excluding hydrogens is 343 g/mol. The molecule has 0 aliphatic carbocycles. The Balaban J connectivity index is 1.45. The molecule has 0 bridgehead atoms. The number of piperidine rings is 1. The van der Waals surface area contributed by atoms with Crippen LogP contribution in [0.3, 0.4) is 0 Å². The van der Waals surface area contributed by atoms with Crippen LogP contribution in [0.25, 0.3) is 5.82 Å². The lowest BCUT2D eigenvalue weighted by molar-refractivity contribution is -0.131. The van der Waals surface area contributed by atoms with Crippen LogP contribution in [-0.2, 0) is 11.2 Å². The molecule has 1 atom stereocenters. The van der Waals surface area contributed by atoms with E-state index in [4.69, 9.17) is 4.98 Å². The van der Waals surface area contributed by atoms with Gasteiger partial charge in [-0.15, -0.1) is 0 Å². The predicted octanol–water partition coefficient (Wildman–Crippen LogP) is 3.36. The van der Waals surface area contributed by atoms with Gasteiger partial charge in [-0.1, -0.05) is 18.2 Å². The first-order valence-corrected chi connectivity index (χ1v) is 9.16. The molecule has 5 nitrogen and oxygen atoms in total. The van der Waals surface area contributed by atoms with Gasteiger partial charge in [-0.05, 0) is 42.7 Å². The van der Waals surface area contributed by atoms with Crippen LogP contribution in [0, 0.1) is 5.82 Å². The number of imidazole rings is 1. The lowest BCUT2D eigenvalue weighted by Crippen LogP contribution is -2.40. The Kier molecular flexibility index (Phi) is 4.96. The third kappa shape index (κ3) is 4.05. The molecule has 2 aromatic heterocycles. The van der Waals surface area contributed by atoms with Gasteiger partial charge in [-0.2, -0.15) is 0 Å². The summed E-state index contributed by atoms with van der Waals surface area (Å²) < 4.78 is 14.9. The van der Waals surface area contributed by atoms with Gasteiger partial charge in [0.1, 0.15) is 18.0 Å². The number of halogens is 1. The first kappa shape index (κ1) is 17.4. The second kappa shape index (κ2) is 7.70. The number of benzene rings is 1. The largest absolute Gasteiger partial charge is 0.342 e. The van der Waals surface area contributed by atoms with E-state index in [9.17, 15) is 9.18 Å². The summed E-state index contributed by atoms with van der Waals surface area (Å²) in [5, 5.41) is 0. The summed E-state index contributed by atoms with van der Waals surface area (Å²) in [5.41, 5.74) is 1.84. The van der Waals surface area contributed by atoms with Gasteiger partial charge in [0.15, 0.2) is 0 Å². The molecule has 1 aliphatic rings. The summed E-state index contributed by atoms with van der Waals surface area (Å²) in [7, 11) is 0. The SMILES string of the molecule is O=C(Cc1ccc(F)cc1)N1CCC[C@H](c2cccc(-n3ccnc3)n2)C1. The van der Waals surface area contributed by atoms with E-state index in [-0.39, 0.29) is 17.6 Å². The van der Waals surface area contributed by atoms with Crippen molar-refractivity contribution >= 4 is 5.91 Å². The van der Waals surface area contributed by atoms with Gasteiger partial charge in [0, 0.05) is 37.1 Å². The van der Waals surface area contributed by atoms with Crippen LogP contribution in [0.4, 0.5) is 4.39 Å². The van der Waals surface area contributed by atoms with Crippen LogP contribution in [0.2, 0.25) is 0 Å². The van der Waals surface area contributed by atoms with Crippen molar-refractivity contribution < 1.29 is 9.18 Å². The van der Waals surface area contributed by atoms with Crippen molar-refractivity contribution in [1.29, 1.82) is 0 Å². The highest BCUT2D eigenvalue weighted by Crippen LogP contribution is 2.26. The Labute approximate surface area is 157 Å². The van der Waals surface area contributed by atoms with E-state index >= 15 is 0 Å². The molecule has 3 aromatic rings. The van der Waals surface area contributed by atoms with Gasteiger partial charge in [-0.25, -0.2) is 14.4 Å². The highest BCUT2D eigenvalue weighted by atomic mass is 19.1. The number of pyridine rings is 1. The van der Waals surface area contributed by atoms with Gasteiger partial charge in [-0.3, -0.25) is 9.36 Å². The maximum Gasteiger partial charge on any atom is 0.227 e. The van der Waals surface area contributed by atoms with Crippen LogP contribution in [0.5, 0.6) is 0 Å². The maximum absolute atomic E-state index is 13.0. The predicted molar refractivity (Wildman–Crippen MR) is 100 cm³/mol. The number of hydrogen-bond donors (Lipinski definition) is 0. The number of carbonyl (C=O) groups excluding carboxylic acids is 1. The van der Waals surface area contributed by atoms with Crippen LogP contribution in [0.15, 0.2) is 61.2 Å². The highest BCUT2D eigenvalue weighted by Gasteiger charge is 2.25. The van der Waals surface area contributed by atoms with E-state index < -0.39 is 0 Å². The smallest absolute Gasteiger partial charge is 0.227 e. The zero-order valence-electron chi connectivity index (χ0n) is 15.0. The number of nitrogens with zero attached hydrogens (tertiary/aromatic N) is 4. The molecule has 1 aromatic carbocycles. The van der Waals surface area contributed by atoms with Gasteiger partial charge < -0.3 is 4.90 Å². The average Bonchev–Trinajstić information content (AvgIpc) is 3.25. The van der Waals surface area contributed by atoms with Crippen molar-refractivity contribution in [3.8, 4) is 5.82 Å². The van der Waals surface area contributed by atoms with Crippen molar-refractivity contribution in [1.82, 2.24) is 19.4 Å². The number of amides is 1. The third-order valence-electron chi connectivity index (χ3n) is 4.99. The standard InChI is InChI=1S/C21H21FN4O/c22-18-8-6-16(7-9-18)13-21(27)25-11-2-3-17(14-25)19-4-1-5-20(24-19)26-12-10-23-15-26/h1,4-10,12,15,17H,2-3,11,13-14H2/t17-/m0/s1. The van der Waals surface area contributed by atoms with E-state index in [1.807, 2.05) is 33.9 Å². The Hall–Kier alpha value is -3.02. The second-order valence-corrected chi connectivity index (χ2v) is 6.87. The lowest BCUT2D eigenvalue weighted by atomic mass is 9.93. The van der Waals surface area contributed by atoms with Crippen molar-refractivity contribution in [3.05, 3.63) is 78.3 Å². The highest BCUT2D eigenvalue weighted by molar-refractivity contribution is 5.79. The van der Waals surface area contributed by atoms with Crippen molar-refractivity contribution in [2.45, 2.75) is 25.2 Å². The van der Waals surface area contributed by atoms with Crippen LogP contribution in [0.1, 0.15) is 30.0 Å². The minimum Gasteiger partial charge on any atom is -0.342 e. The molecule has 0 N–H and O–H groups in total. The maximum atomic E-state index is 13.0. The van der Waals surface area contributed by atoms with Crippen LogP contribution in [-0.4, -0.2) is 38.4 Å². The number of rotatable bonds is 4. The molecule has 1 fully saturated rings. The van der Waals surface area contributed by atoms with E-state index in [1.54, 1.807) is 24.7 Å². The van der Waals surface area contributed by atoms with Gasteiger partial charge in [0.25, 0.3) is 0 Å². The molecule has 138 valence electrons. The Morgan fingerprint density at radius 2 is 2.04 bits per heavy atom.